The van der Waals surface area contributed by atoms with Crippen LogP contribution in [0.3, 0.4) is 0 Å². The normalized spacial score (nSPS) is 15.3. The number of rotatable bonds is 5. The van der Waals surface area contributed by atoms with Gasteiger partial charge in [-0.25, -0.2) is 9.79 Å². The zero-order chi connectivity index (χ0) is 25.3. The van der Waals surface area contributed by atoms with Crippen molar-refractivity contribution in [2.75, 3.05) is 14.2 Å². The number of benzene rings is 2. The number of methoxy groups -OCH3 is 2. The largest absolute Gasteiger partial charge is 0.493 e. The number of esters is 2. The van der Waals surface area contributed by atoms with E-state index in [-0.39, 0.29) is 22.6 Å². The van der Waals surface area contributed by atoms with Crippen LogP contribution in [0.4, 0.5) is 0 Å². The zero-order valence-corrected chi connectivity index (χ0v) is 20.9. The molecule has 1 aliphatic heterocycles. The van der Waals surface area contributed by atoms with E-state index in [1.165, 1.54) is 37.0 Å². The summed E-state index contributed by atoms with van der Waals surface area (Å²) in [6, 6.07) is 11.1. The molecule has 0 spiro atoms. The highest BCUT2D eigenvalue weighted by Crippen LogP contribution is 2.36. The van der Waals surface area contributed by atoms with Gasteiger partial charge in [-0.05, 0) is 48.4 Å². The van der Waals surface area contributed by atoms with Crippen molar-refractivity contribution in [3.8, 4) is 11.5 Å². The quantitative estimate of drug-likeness (QED) is 0.385. The lowest BCUT2D eigenvalue weighted by Gasteiger charge is -2.25. The van der Waals surface area contributed by atoms with Crippen LogP contribution in [0.5, 0.6) is 11.5 Å². The van der Waals surface area contributed by atoms with Crippen molar-refractivity contribution in [1.29, 1.82) is 0 Å². The molecule has 180 valence electrons. The monoisotopic (exact) mass is 512 g/mol. The second-order valence-electron chi connectivity index (χ2n) is 7.63. The molecule has 0 radical (unpaired) electrons. The number of carbonyl (C=O) groups excluding carboxylic acids is 2. The predicted octanol–water partition coefficient (Wildman–Crippen LogP) is 3.00. The van der Waals surface area contributed by atoms with E-state index < -0.39 is 18.0 Å². The molecule has 8 nitrogen and oxygen atoms in total. The fourth-order valence-electron chi connectivity index (χ4n) is 3.81. The maximum atomic E-state index is 13.6. The van der Waals surface area contributed by atoms with Crippen LogP contribution >= 0.6 is 22.9 Å². The van der Waals surface area contributed by atoms with Gasteiger partial charge in [-0.2, -0.15) is 0 Å². The first-order valence-corrected chi connectivity index (χ1v) is 11.7. The lowest BCUT2D eigenvalue weighted by atomic mass is 9.95. The van der Waals surface area contributed by atoms with Gasteiger partial charge >= 0.3 is 11.9 Å². The molecule has 10 heteroatoms. The number of thiazole rings is 1. The van der Waals surface area contributed by atoms with Gasteiger partial charge in [0.1, 0.15) is 0 Å². The number of aromatic nitrogens is 1. The minimum Gasteiger partial charge on any atom is -0.493 e. The van der Waals surface area contributed by atoms with Crippen molar-refractivity contribution in [2.24, 2.45) is 4.99 Å². The topological polar surface area (TPSA) is 96.2 Å². The van der Waals surface area contributed by atoms with Gasteiger partial charge < -0.3 is 14.2 Å². The Hall–Kier alpha value is -3.69. The Morgan fingerprint density at radius 3 is 2.46 bits per heavy atom. The van der Waals surface area contributed by atoms with Crippen molar-refractivity contribution >= 4 is 41.0 Å². The zero-order valence-electron chi connectivity index (χ0n) is 19.3. The molecule has 1 unspecified atom stereocenters. The van der Waals surface area contributed by atoms with E-state index in [9.17, 15) is 14.4 Å². The first kappa shape index (κ1) is 24.4. The van der Waals surface area contributed by atoms with Gasteiger partial charge in [0.25, 0.3) is 5.56 Å². The summed E-state index contributed by atoms with van der Waals surface area (Å²) in [6.45, 7) is 2.98. The maximum absolute atomic E-state index is 13.6. The van der Waals surface area contributed by atoms with E-state index in [0.717, 1.165) is 5.56 Å². The van der Waals surface area contributed by atoms with E-state index in [1.807, 2.05) is 12.1 Å². The molecule has 0 aliphatic carbocycles. The molecule has 4 rings (SSSR count). The summed E-state index contributed by atoms with van der Waals surface area (Å²) < 4.78 is 17.5. The fraction of sp³-hybridized carbons (Fsp3) is 0.200. The summed E-state index contributed by atoms with van der Waals surface area (Å²) in [5, 5.41) is 0.591. The minimum atomic E-state index is -0.827. The number of halogens is 1. The molecule has 3 aromatic rings. The molecule has 2 aromatic carbocycles. The summed E-state index contributed by atoms with van der Waals surface area (Å²) in [4.78, 5) is 42.8. The number of ether oxygens (including phenoxy) is 3. The van der Waals surface area contributed by atoms with Crippen molar-refractivity contribution in [1.82, 2.24) is 4.57 Å². The van der Waals surface area contributed by atoms with Gasteiger partial charge in [0.05, 0.1) is 36.1 Å². The van der Waals surface area contributed by atoms with Gasteiger partial charge in [-0.1, -0.05) is 41.1 Å². The van der Waals surface area contributed by atoms with Crippen LogP contribution < -0.4 is 24.4 Å². The first-order chi connectivity index (χ1) is 16.7. The summed E-state index contributed by atoms with van der Waals surface area (Å²) >= 11 is 7.19. The van der Waals surface area contributed by atoms with Crippen molar-refractivity contribution < 1.29 is 23.8 Å². The number of hydrogen-bond donors (Lipinski definition) is 0. The predicted molar refractivity (Wildman–Crippen MR) is 132 cm³/mol. The molecule has 0 saturated heterocycles. The van der Waals surface area contributed by atoms with Crippen LogP contribution in [-0.2, 0) is 14.3 Å². The Balaban J connectivity index is 1.95. The van der Waals surface area contributed by atoms with Gasteiger partial charge in [-0.15, -0.1) is 0 Å². The third-order valence-electron chi connectivity index (χ3n) is 5.35. The highest BCUT2D eigenvalue weighted by atomic mass is 35.5. The van der Waals surface area contributed by atoms with Gasteiger partial charge in [0.15, 0.2) is 16.3 Å². The van der Waals surface area contributed by atoms with Gasteiger partial charge in [-0.3, -0.25) is 14.2 Å². The maximum Gasteiger partial charge on any atom is 0.338 e. The molecular weight excluding hydrogens is 492 g/mol. The Kier molecular flexibility index (Phi) is 6.90. The highest BCUT2D eigenvalue weighted by Gasteiger charge is 2.33. The summed E-state index contributed by atoms with van der Waals surface area (Å²) in [6.07, 6.45) is 1.75. The van der Waals surface area contributed by atoms with E-state index in [0.29, 0.717) is 25.6 Å². The molecule has 0 bridgehead atoms. The smallest absolute Gasteiger partial charge is 0.338 e. The SMILES string of the molecule is COC(=O)C1=C(C)N=c2sc(=Cc3ccc(Cl)cc3)c(=O)n2C1c1ccc(OC(C)=O)c(OC)c1. The average molecular weight is 513 g/mol. The molecule has 0 N–H and O–H groups in total. The molecule has 0 fully saturated rings. The van der Waals surface area contributed by atoms with Crippen molar-refractivity contribution in [3.05, 3.63) is 89.6 Å². The molecule has 1 aliphatic rings. The van der Waals surface area contributed by atoms with Gasteiger partial charge in [0, 0.05) is 11.9 Å². The molecular formula is C25H21ClN2O6S. The average Bonchev–Trinajstić information content (AvgIpc) is 3.13. The van der Waals surface area contributed by atoms with Crippen LogP contribution in [0.25, 0.3) is 6.08 Å². The number of hydrogen-bond acceptors (Lipinski definition) is 8. The van der Waals surface area contributed by atoms with Crippen LogP contribution in [-0.4, -0.2) is 30.7 Å². The Labute approximate surface area is 209 Å². The minimum absolute atomic E-state index is 0.221. The standard InChI is InChI=1S/C25H21ClN2O6S/c1-13-21(24(31)33-4)22(16-7-10-18(34-14(2)29)19(12-16)32-3)28-23(30)20(35-25(28)27-13)11-15-5-8-17(26)9-6-15/h5-12,22H,1-4H3. The Morgan fingerprint density at radius 1 is 1.11 bits per heavy atom. The third kappa shape index (κ3) is 4.78. The fourth-order valence-corrected chi connectivity index (χ4v) is 4.98. The first-order valence-electron chi connectivity index (χ1n) is 10.5. The molecule has 1 atom stereocenters. The second kappa shape index (κ2) is 9.89. The van der Waals surface area contributed by atoms with Crippen LogP contribution in [0.1, 0.15) is 31.0 Å². The molecule has 0 amide bonds. The summed E-state index contributed by atoms with van der Waals surface area (Å²) in [5.41, 5.74) is 1.70. The number of allylic oxidation sites excluding steroid dienone is 1. The van der Waals surface area contributed by atoms with Crippen LogP contribution in [0.2, 0.25) is 5.02 Å². The Bertz CT molecular complexity index is 1540. The summed E-state index contributed by atoms with van der Waals surface area (Å²) in [7, 11) is 2.71. The third-order valence-corrected chi connectivity index (χ3v) is 6.59. The molecule has 0 saturated carbocycles. The van der Waals surface area contributed by atoms with Crippen molar-refractivity contribution in [2.45, 2.75) is 19.9 Å². The molecule has 1 aromatic heterocycles. The van der Waals surface area contributed by atoms with Gasteiger partial charge in [0.2, 0.25) is 0 Å². The summed E-state index contributed by atoms with van der Waals surface area (Å²) in [5.74, 6) is -0.609. The second-order valence-corrected chi connectivity index (χ2v) is 9.07. The number of nitrogens with zero attached hydrogens (tertiary/aromatic N) is 2. The lowest BCUT2D eigenvalue weighted by molar-refractivity contribution is -0.136. The van der Waals surface area contributed by atoms with E-state index >= 15 is 0 Å². The highest BCUT2D eigenvalue weighted by molar-refractivity contribution is 7.07. The Morgan fingerprint density at radius 2 is 1.83 bits per heavy atom. The number of carbonyl (C=O) groups is 2. The lowest BCUT2D eigenvalue weighted by Crippen LogP contribution is -2.39. The van der Waals surface area contributed by atoms with E-state index in [2.05, 4.69) is 4.99 Å². The number of fused-ring (bicyclic) bond motifs is 1. The molecule has 2 heterocycles. The van der Waals surface area contributed by atoms with Crippen LogP contribution in [0.15, 0.2) is 63.5 Å². The molecule has 35 heavy (non-hydrogen) atoms. The van der Waals surface area contributed by atoms with Crippen molar-refractivity contribution in [3.63, 3.8) is 0 Å². The van der Waals surface area contributed by atoms with E-state index in [4.69, 9.17) is 25.8 Å². The van der Waals surface area contributed by atoms with Crippen LogP contribution in [0, 0.1) is 0 Å². The van der Waals surface area contributed by atoms with E-state index in [1.54, 1.807) is 43.3 Å².